The monoisotopic (exact) mass is 457 g/mol. The number of nitrogens with one attached hydrogen (secondary N) is 2. The molecule has 5 heterocycles. The van der Waals surface area contributed by atoms with E-state index in [9.17, 15) is 9.59 Å². The Labute approximate surface area is 194 Å². The third-order valence-corrected chi connectivity index (χ3v) is 5.03. The number of carbonyl (C=O) groups is 2. The lowest BCUT2D eigenvalue weighted by Crippen LogP contribution is -2.30. The van der Waals surface area contributed by atoms with Crippen molar-refractivity contribution in [3.63, 3.8) is 0 Å². The smallest absolute Gasteiger partial charge is 0.320 e. The number of hydrogen-bond donors (Lipinski definition) is 5. The summed E-state index contributed by atoms with van der Waals surface area (Å²) in [6, 6.07) is 15.3. The highest BCUT2D eigenvalue weighted by atomic mass is 16.4. The zero-order chi connectivity index (χ0) is 24.1. The Hall–Kier alpha value is -4.50. The SMILES string of the molecule is C1=Cc2cc3ccc(cc4nc(cc5ccc(cc1n2)[nH]5)C=C4)[nH]3.NC(CCC(=O)O)C(=O)O. The van der Waals surface area contributed by atoms with Gasteiger partial charge in [-0.25, -0.2) is 9.97 Å². The number of carboxylic acid groups (broad SMARTS) is 2. The van der Waals surface area contributed by atoms with Gasteiger partial charge in [0.1, 0.15) is 6.04 Å². The van der Waals surface area contributed by atoms with Crippen molar-refractivity contribution in [1.29, 1.82) is 0 Å². The van der Waals surface area contributed by atoms with Crippen LogP contribution in [0.15, 0.2) is 48.5 Å². The lowest BCUT2D eigenvalue weighted by Gasteiger charge is -2.01. The molecule has 9 nitrogen and oxygen atoms in total. The van der Waals surface area contributed by atoms with E-state index in [1.807, 2.05) is 48.6 Å². The van der Waals surface area contributed by atoms with Gasteiger partial charge in [0.05, 0.1) is 22.8 Å². The lowest BCUT2D eigenvalue weighted by molar-refractivity contribution is -0.139. The average molecular weight is 457 g/mol. The quantitative estimate of drug-likeness (QED) is 0.274. The Morgan fingerprint density at radius 2 is 1.09 bits per heavy atom. The minimum atomic E-state index is -1.17. The van der Waals surface area contributed by atoms with Crippen LogP contribution in [0.3, 0.4) is 0 Å². The van der Waals surface area contributed by atoms with Crippen LogP contribution < -0.4 is 5.73 Å². The fraction of sp³-hybridized carbons (Fsp3) is 0.120. The summed E-state index contributed by atoms with van der Waals surface area (Å²) < 4.78 is 0. The normalized spacial score (nSPS) is 12.6. The first-order chi connectivity index (χ1) is 16.3. The molecule has 0 saturated heterocycles. The summed E-state index contributed by atoms with van der Waals surface area (Å²) in [5.41, 5.74) is 12.9. The first-order valence-corrected chi connectivity index (χ1v) is 10.6. The first-order valence-electron chi connectivity index (χ1n) is 10.6. The molecular weight excluding hydrogens is 434 g/mol. The Morgan fingerprint density at radius 1 is 0.735 bits per heavy atom. The molecule has 0 fully saturated rings. The maximum absolute atomic E-state index is 9.99. The first kappa shape index (κ1) is 22.7. The Kier molecular flexibility index (Phi) is 6.65. The summed E-state index contributed by atoms with van der Waals surface area (Å²) in [5, 5.41) is 16.3. The van der Waals surface area contributed by atoms with E-state index in [0.717, 1.165) is 44.8 Å². The Bertz CT molecular complexity index is 1270. The van der Waals surface area contributed by atoms with Gasteiger partial charge in [-0.05, 0) is 79.3 Å². The van der Waals surface area contributed by atoms with Crippen LogP contribution in [0.1, 0.15) is 35.6 Å². The topological polar surface area (TPSA) is 158 Å². The van der Waals surface area contributed by atoms with Crippen LogP contribution in [0.4, 0.5) is 0 Å². The zero-order valence-electron chi connectivity index (χ0n) is 18.1. The standard InChI is InChI=1S/C20H14N4.C5H9NO4/c1-2-14-10-16-5-6-18(23-16)12-20-8-7-19(24-20)11-17-4-3-15(22-17)9-13(1)21-14;6-3(5(9)10)1-2-4(7)8/h1-12,21,24H;3H,1-2,6H2,(H,7,8)(H,9,10). The van der Waals surface area contributed by atoms with Crippen LogP contribution in [-0.2, 0) is 9.59 Å². The molecule has 6 N–H and O–H groups in total. The summed E-state index contributed by atoms with van der Waals surface area (Å²) in [5.74, 6) is -2.20. The van der Waals surface area contributed by atoms with Crippen LogP contribution in [0.2, 0.25) is 0 Å². The Balaban J connectivity index is 0.000000235. The molecule has 3 aromatic rings. The summed E-state index contributed by atoms with van der Waals surface area (Å²) in [6.07, 6.45) is 7.87. The highest BCUT2D eigenvalue weighted by Crippen LogP contribution is 2.16. The number of rotatable bonds is 4. The molecule has 34 heavy (non-hydrogen) atoms. The van der Waals surface area contributed by atoms with Gasteiger partial charge in [0.25, 0.3) is 0 Å². The highest BCUT2D eigenvalue weighted by Gasteiger charge is 2.12. The largest absolute Gasteiger partial charge is 0.481 e. The van der Waals surface area contributed by atoms with E-state index in [1.165, 1.54) is 0 Å². The zero-order valence-corrected chi connectivity index (χ0v) is 18.1. The number of carboxylic acids is 2. The molecule has 0 amide bonds. The van der Waals surface area contributed by atoms with E-state index in [0.29, 0.717) is 0 Å². The van der Waals surface area contributed by atoms with E-state index in [1.54, 1.807) is 0 Å². The molecule has 5 rings (SSSR count). The van der Waals surface area contributed by atoms with Gasteiger partial charge in [-0.3, -0.25) is 9.59 Å². The van der Waals surface area contributed by atoms with E-state index >= 15 is 0 Å². The molecule has 0 aliphatic carbocycles. The molecule has 8 bridgehead atoms. The number of aliphatic carboxylic acids is 2. The molecule has 0 radical (unpaired) electrons. The summed E-state index contributed by atoms with van der Waals surface area (Å²) in [4.78, 5) is 35.9. The van der Waals surface area contributed by atoms with Gasteiger partial charge in [-0.2, -0.15) is 0 Å². The summed E-state index contributed by atoms with van der Waals surface area (Å²) in [6.45, 7) is 0. The third-order valence-electron chi connectivity index (χ3n) is 5.03. The molecular formula is C25H23N5O4. The number of aromatic nitrogens is 4. The molecule has 0 saturated carbocycles. The molecule has 2 aliphatic heterocycles. The second kappa shape index (κ2) is 9.97. The van der Waals surface area contributed by atoms with Gasteiger partial charge < -0.3 is 25.9 Å². The number of aromatic amines is 2. The number of H-pyrrole nitrogens is 2. The fourth-order valence-electron chi connectivity index (χ4n) is 3.35. The predicted octanol–water partition coefficient (Wildman–Crippen LogP) is 3.92. The van der Waals surface area contributed by atoms with Gasteiger partial charge in [0.15, 0.2) is 0 Å². The van der Waals surface area contributed by atoms with Gasteiger partial charge in [-0.1, -0.05) is 0 Å². The molecule has 2 aliphatic rings. The number of nitrogens with zero attached hydrogens (tertiary/aromatic N) is 2. The predicted molar refractivity (Wildman–Crippen MR) is 131 cm³/mol. The van der Waals surface area contributed by atoms with Crippen molar-refractivity contribution in [1.82, 2.24) is 19.9 Å². The van der Waals surface area contributed by atoms with Gasteiger partial charge in [0.2, 0.25) is 0 Å². The van der Waals surface area contributed by atoms with Crippen molar-refractivity contribution < 1.29 is 19.8 Å². The molecule has 1 atom stereocenters. The molecule has 1 unspecified atom stereocenters. The van der Waals surface area contributed by atoms with Gasteiger partial charge in [-0.15, -0.1) is 0 Å². The van der Waals surface area contributed by atoms with Crippen LogP contribution in [-0.4, -0.2) is 48.1 Å². The van der Waals surface area contributed by atoms with Crippen molar-refractivity contribution >= 4 is 58.3 Å². The molecule has 0 spiro atoms. The third kappa shape index (κ3) is 6.05. The van der Waals surface area contributed by atoms with Crippen molar-refractivity contribution in [2.24, 2.45) is 5.73 Å². The van der Waals surface area contributed by atoms with Gasteiger partial charge in [0, 0.05) is 28.5 Å². The average Bonchev–Trinajstić information content (AvgIpc) is 3.58. The summed E-state index contributed by atoms with van der Waals surface area (Å²) >= 11 is 0. The number of nitrogens with two attached hydrogens (primary N) is 1. The molecule has 9 heteroatoms. The van der Waals surface area contributed by atoms with E-state index in [4.69, 9.17) is 15.9 Å². The Morgan fingerprint density at radius 3 is 1.38 bits per heavy atom. The number of fused-ring (bicyclic) bond motifs is 8. The lowest BCUT2D eigenvalue weighted by atomic mass is 10.2. The molecule has 0 aromatic carbocycles. The highest BCUT2D eigenvalue weighted by molar-refractivity contribution is 5.77. The van der Waals surface area contributed by atoms with E-state index in [-0.39, 0.29) is 12.8 Å². The van der Waals surface area contributed by atoms with Crippen LogP contribution in [0.25, 0.3) is 46.4 Å². The van der Waals surface area contributed by atoms with Crippen LogP contribution >= 0.6 is 0 Å². The van der Waals surface area contributed by atoms with E-state index in [2.05, 4.69) is 44.2 Å². The minimum absolute atomic E-state index is 0.0231. The van der Waals surface area contributed by atoms with E-state index < -0.39 is 18.0 Å². The second-order valence-electron chi connectivity index (χ2n) is 7.78. The summed E-state index contributed by atoms with van der Waals surface area (Å²) in [7, 11) is 0. The van der Waals surface area contributed by atoms with Gasteiger partial charge >= 0.3 is 11.9 Å². The number of hydrogen-bond acceptors (Lipinski definition) is 5. The fourth-order valence-corrected chi connectivity index (χ4v) is 3.35. The van der Waals surface area contributed by atoms with Crippen molar-refractivity contribution in [2.75, 3.05) is 0 Å². The van der Waals surface area contributed by atoms with Crippen LogP contribution in [0.5, 0.6) is 0 Å². The molecule has 3 aromatic heterocycles. The second-order valence-corrected chi connectivity index (χ2v) is 7.78. The maximum atomic E-state index is 9.99. The van der Waals surface area contributed by atoms with Crippen molar-refractivity contribution in [3.8, 4) is 0 Å². The maximum Gasteiger partial charge on any atom is 0.320 e. The minimum Gasteiger partial charge on any atom is -0.481 e. The van der Waals surface area contributed by atoms with Crippen molar-refractivity contribution in [2.45, 2.75) is 18.9 Å². The van der Waals surface area contributed by atoms with Crippen LogP contribution in [0, 0.1) is 0 Å². The van der Waals surface area contributed by atoms with Crippen molar-refractivity contribution in [3.05, 3.63) is 71.3 Å². The molecule has 172 valence electrons.